The molecule has 0 bridgehead atoms. The quantitative estimate of drug-likeness (QED) is 0.194. The number of hydrogen-bond acceptors (Lipinski definition) is 4. The van der Waals surface area contributed by atoms with Crippen LogP contribution in [0.2, 0.25) is 52.4 Å². The zero-order chi connectivity index (χ0) is 43.7. The maximum absolute atomic E-state index is 5.55. The molecular formula is C50H92Cl4Cr2N2S4Si4. The predicted octanol–water partition coefficient (Wildman–Crippen LogP) is 5.96. The van der Waals surface area contributed by atoms with Crippen LogP contribution in [0.1, 0.15) is 140 Å². The standard InChI is InChI=1S/2C18H38NS2Si2.2C7H8.4ClH.2Cr/c2*1-22(2,15-20-17-11-7-5-8-12-17)19-23(3,4)16-21-18-13-9-6-10-14-18;2*1-7-5-3-2-4-6-7;;;;;;/h2*17-18H,5-16H2,1-4H3;2*2-6H,1H3;4*1H;;/q2*-1;;;;;;;2*+3/p-4. The molecule has 2 nitrogen and oxygen atoms in total. The summed E-state index contributed by atoms with van der Waals surface area (Å²) in [7, 11) is -5.49. The Hall–Kier alpha value is 2.85. The molecule has 2 aromatic carbocycles. The molecule has 4 aliphatic carbocycles. The first-order chi connectivity index (χ1) is 28.5. The molecule has 0 heterocycles. The van der Waals surface area contributed by atoms with Gasteiger partial charge in [0.1, 0.15) is 0 Å². The Morgan fingerprint density at radius 3 is 0.682 bits per heavy atom. The van der Waals surface area contributed by atoms with Crippen molar-refractivity contribution < 1.29 is 84.4 Å². The van der Waals surface area contributed by atoms with Crippen LogP contribution in [0.4, 0.5) is 0 Å². The summed E-state index contributed by atoms with van der Waals surface area (Å²) in [5, 5.41) is 9.26. The molecule has 0 spiro atoms. The topological polar surface area (TPSA) is 28.2 Å². The van der Waals surface area contributed by atoms with Crippen molar-refractivity contribution in [2.45, 2.75) is 216 Å². The van der Waals surface area contributed by atoms with Gasteiger partial charge in [-0.05, 0) is 86.7 Å². The minimum Gasteiger partial charge on any atom is -1.00 e. The Bertz CT molecular complexity index is 1210. The fraction of sp³-hybridized carbons (Fsp3) is 0.760. The average molecular weight is 1210 g/mol. The van der Waals surface area contributed by atoms with Crippen molar-refractivity contribution in [1.82, 2.24) is 0 Å². The molecule has 66 heavy (non-hydrogen) atoms. The van der Waals surface area contributed by atoms with Crippen LogP contribution in [0.3, 0.4) is 0 Å². The van der Waals surface area contributed by atoms with E-state index in [0.717, 1.165) is 21.0 Å². The van der Waals surface area contributed by atoms with E-state index in [1.165, 1.54) is 161 Å². The molecule has 2 aromatic rings. The van der Waals surface area contributed by atoms with E-state index in [-0.39, 0.29) is 84.4 Å². The van der Waals surface area contributed by atoms with Gasteiger partial charge in [-0.25, -0.2) is 0 Å². The molecule has 6 rings (SSSR count). The Labute approximate surface area is 477 Å². The number of benzene rings is 2. The SMILES string of the molecule is C[Si](C)(CSC1CCCCC1)[N-][Si](C)(C)CSC1CCCCC1.C[Si](C)(CSC1CCCCC1)[N-][Si](C)(C)CSC1CCCCC1.Cc1ccccc1.Cc1ccccc1.[Cl-].[Cl-].[Cl-].[Cl-].[Cr+3].[Cr+3]. The first-order valence-electron chi connectivity index (χ1n) is 24.5. The summed E-state index contributed by atoms with van der Waals surface area (Å²) in [6, 6.07) is 20.5. The summed E-state index contributed by atoms with van der Waals surface area (Å²) >= 11 is 9.10. The van der Waals surface area contributed by atoms with Gasteiger partial charge in [-0.1, -0.05) is 234 Å². The van der Waals surface area contributed by atoms with Gasteiger partial charge >= 0.3 is 34.7 Å². The summed E-state index contributed by atoms with van der Waals surface area (Å²) < 4.78 is 11.1. The van der Waals surface area contributed by atoms with Crippen molar-refractivity contribution in [2.75, 3.05) is 21.5 Å². The van der Waals surface area contributed by atoms with Crippen LogP contribution in [0.15, 0.2) is 60.7 Å². The molecule has 4 fully saturated rings. The molecule has 0 atom stereocenters. The fourth-order valence-electron chi connectivity index (χ4n) is 9.05. The molecule has 382 valence electrons. The van der Waals surface area contributed by atoms with Crippen LogP contribution in [-0.4, -0.2) is 75.4 Å². The first kappa shape index (κ1) is 75.4. The number of nitrogens with zero attached hydrogens (tertiary/aromatic N) is 2. The van der Waals surface area contributed by atoms with Gasteiger partial charge in [0.2, 0.25) is 0 Å². The van der Waals surface area contributed by atoms with Gasteiger partial charge in [0.25, 0.3) is 0 Å². The minimum atomic E-state index is -1.37. The molecule has 0 aromatic heterocycles. The maximum Gasteiger partial charge on any atom is 3.00 e. The van der Waals surface area contributed by atoms with Gasteiger partial charge < -0.3 is 58.9 Å². The summed E-state index contributed by atoms with van der Waals surface area (Å²) in [4.78, 5) is 0. The molecule has 0 amide bonds. The smallest absolute Gasteiger partial charge is 1.00 e. The third-order valence-corrected chi connectivity index (χ3v) is 39.4. The van der Waals surface area contributed by atoms with Crippen molar-refractivity contribution >= 4 is 80.0 Å². The van der Waals surface area contributed by atoms with Crippen molar-refractivity contribution in [3.05, 3.63) is 81.1 Å². The number of aryl methyl sites for hydroxylation is 2. The van der Waals surface area contributed by atoms with Crippen LogP contribution in [0.5, 0.6) is 0 Å². The van der Waals surface area contributed by atoms with Crippen molar-refractivity contribution in [3.63, 3.8) is 0 Å². The Morgan fingerprint density at radius 2 is 0.530 bits per heavy atom. The van der Waals surface area contributed by atoms with E-state index in [2.05, 4.69) is 138 Å². The van der Waals surface area contributed by atoms with Crippen molar-refractivity contribution in [1.29, 1.82) is 0 Å². The summed E-state index contributed by atoms with van der Waals surface area (Å²) in [5.74, 6) is 0. The average Bonchev–Trinajstić information content (AvgIpc) is 3.23. The van der Waals surface area contributed by atoms with Gasteiger partial charge in [-0.3, -0.25) is 0 Å². The first-order valence-corrected chi connectivity index (χ1v) is 41.3. The minimum absolute atomic E-state index is 0. The molecule has 4 saturated carbocycles. The monoisotopic (exact) mass is 1200 g/mol. The van der Waals surface area contributed by atoms with Gasteiger partial charge in [-0.2, -0.15) is 47.0 Å². The van der Waals surface area contributed by atoms with Gasteiger partial charge in [-0.15, -0.1) is 0 Å². The van der Waals surface area contributed by atoms with E-state index >= 15 is 0 Å². The normalized spacial score (nSPS) is 17.5. The van der Waals surface area contributed by atoms with E-state index in [1.807, 2.05) is 36.4 Å². The zero-order valence-corrected chi connectivity index (χ0v) is 55.7. The second-order valence-electron chi connectivity index (χ2n) is 21.1. The maximum atomic E-state index is 5.55. The number of thioether (sulfide) groups is 4. The molecule has 2 radical (unpaired) electrons. The second kappa shape index (κ2) is 42.1. The fourth-order valence-corrected chi connectivity index (χ4v) is 38.5. The Balaban J connectivity index is -0.000000420. The summed E-state index contributed by atoms with van der Waals surface area (Å²) in [5.41, 5.74) is 2.64. The third-order valence-electron chi connectivity index (χ3n) is 12.0. The number of hydrogen-bond donors (Lipinski definition) is 0. The predicted molar refractivity (Wildman–Crippen MR) is 296 cm³/mol. The number of rotatable bonds is 16. The van der Waals surface area contributed by atoms with Gasteiger partial charge in [0, 0.05) is 21.0 Å². The Kier molecular flexibility index (Phi) is 48.1. The van der Waals surface area contributed by atoms with E-state index in [9.17, 15) is 0 Å². The summed E-state index contributed by atoms with van der Waals surface area (Å²) in [6.07, 6.45) is 29.4. The van der Waals surface area contributed by atoms with E-state index in [1.54, 1.807) is 0 Å². The molecule has 0 N–H and O–H groups in total. The van der Waals surface area contributed by atoms with Crippen LogP contribution in [0.25, 0.3) is 9.30 Å². The molecule has 16 heteroatoms. The van der Waals surface area contributed by atoms with Gasteiger partial charge in [0.05, 0.1) is 0 Å². The second-order valence-corrected chi connectivity index (χ2v) is 46.0. The van der Waals surface area contributed by atoms with Gasteiger partial charge in [0.15, 0.2) is 0 Å². The van der Waals surface area contributed by atoms with E-state index in [0.29, 0.717) is 0 Å². The molecule has 0 aliphatic heterocycles. The van der Waals surface area contributed by atoms with Crippen molar-refractivity contribution in [3.8, 4) is 0 Å². The zero-order valence-electron chi connectivity index (χ0n) is 42.9. The van der Waals surface area contributed by atoms with E-state index in [4.69, 9.17) is 9.30 Å². The van der Waals surface area contributed by atoms with E-state index < -0.39 is 32.9 Å². The third kappa shape index (κ3) is 38.4. The molecule has 4 aliphatic rings. The molecule has 0 saturated heterocycles. The van der Waals surface area contributed by atoms with Crippen LogP contribution >= 0.6 is 47.0 Å². The van der Waals surface area contributed by atoms with Crippen LogP contribution in [-0.2, 0) is 34.7 Å². The largest absolute Gasteiger partial charge is 3.00 e. The van der Waals surface area contributed by atoms with Crippen molar-refractivity contribution in [2.24, 2.45) is 0 Å². The van der Waals surface area contributed by atoms with Crippen LogP contribution in [0, 0.1) is 13.8 Å². The Morgan fingerprint density at radius 1 is 0.348 bits per heavy atom. The van der Waals surface area contributed by atoms with Crippen LogP contribution < -0.4 is 49.6 Å². The summed E-state index contributed by atoms with van der Waals surface area (Å²) in [6.45, 7) is 24.3. The number of halogens is 4. The molecule has 0 unspecified atom stereocenters. The molecular weight excluding hydrogens is 1110 g/mol.